The van der Waals surface area contributed by atoms with Crippen LogP contribution in [0.3, 0.4) is 0 Å². The summed E-state index contributed by atoms with van der Waals surface area (Å²) in [6, 6.07) is 5.22. The first-order valence-electron chi connectivity index (χ1n) is 14.6. The number of carbonyl (C=O) groups excluding carboxylic acids is 3. The van der Waals surface area contributed by atoms with Crippen molar-refractivity contribution in [3.63, 3.8) is 0 Å². The maximum atomic E-state index is 14.7. The van der Waals surface area contributed by atoms with Gasteiger partial charge < -0.3 is 24.4 Å². The fourth-order valence-corrected chi connectivity index (χ4v) is 7.32. The fourth-order valence-electron chi connectivity index (χ4n) is 7.20. The molecule has 3 aliphatic heterocycles. The standard InChI is InChI=1S/C32H43ClN2O6/c1-7-10-11-17-40-30(39)26-25-28(37)35(24(19-36)20(4)9-3)27(32(25)18-21(5)31(26,6)41-32)29(38)34(16-8-2)23-14-12-22(33)13-15-23/h7-8,12-15,20-21,24-27,36H,1-2,9-11,16-19H2,3-6H3/t20-,21?,24-,25-,26-,27?,31+,32?/m0/s1. The van der Waals surface area contributed by atoms with E-state index >= 15 is 0 Å². The van der Waals surface area contributed by atoms with E-state index in [1.165, 1.54) is 4.90 Å². The van der Waals surface area contributed by atoms with Crippen molar-refractivity contribution >= 4 is 35.1 Å². The van der Waals surface area contributed by atoms with Crippen molar-refractivity contribution in [3.8, 4) is 0 Å². The second-order valence-electron chi connectivity index (χ2n) is 11.9. The number of rotatable bonds is 13. The number of benzene rings is 1. The number of ether oxygens (including phenoxy) is 2. The summed E-state index contributed by atoms with van der Waals surface area (Å²) in [5.74, 6) is -3.18. The molecule has 2 amide bonds. The van der Waals surface area contributed by atoms with E-state index in [9.17, 15) is 19.5 Å². The summed E-state index contributed by atoms with van der Waals surface area (Å²) < 4.78 is 12.5. The Morgan fingerprint density at radius 2 is 1.98 bits per heavy atom. The van der Waals surface area contributed by atoms with Gasteiger partial charge in [0.2, 0.25) is 5.91 Å². The van der Waals surface area contributed by atoms with Crippen LogP contribution in [0.1, 0.15) is 53.4 Å². The minimum atomic E-state index is -1.25. The molecule has 0 aliphatic carbocycles. The number of amides is 2. The third-order valence-corrected chi connectivity index (χ3v) is 9.85. The summed E-state index contributed by atoms with van der Waals surface area (Å²) in [5.41, 5.74) is -1.63. The molecule has 1 N–H and O–H groups in total. The van der Waals surface area contributed by atoms with E-state index in [0.717, 1.165) is 0 Å². The van der Waals surface area contributed by atoms with E-state index in [4.69, 9.17) is 21.1 Å². The minimum Gasteiger partial charge on any atom is -0.465 e. The molecule has 3 aliphatic rings. The van der Waals surface area contributed by atoms with Crippen LogP contribution in [0.2, 0.25) is 5.02 Å². The number of nitrogens with zero attached hydrogens (tertiary/aromatic N) is 2. The van der Waals surface area contributed by atoms with Gasteiger partial charge in [0.05, 0.1) is 30.8 Å². The molecule has 0 saturated carbocycles. The molecule has 3 fully saturated rings. The highest BCUT2D eigenvalue weighted by Crippen LogP contribution is 2.66. The number of allylic oxidation sites excluding steroid dienone is 1. The van der Waals surface area contributed by atoms with E-state index in [-0.39, 0.29) is 43.4 Å². The second kappa shape index (κ2) is 12.3. The van der Waals surface area contributed by atoms with Gasteiger partial charge in [0, 0.05) is 17.3 Å². The lowest BCUT2D eigenvalue weighted by atomic mass is 9.62. The van der Waals surface area contributed by atoms with E-state index in [0.29, 0.717) is 36.4 Å². The Morgan fingerprint density at radius 3 is 2.56 bits per heavy atom. The molecule has 224 valence electrons. The predicted molar refractivity (Wildman–Crippen MR) is 158 cm³/mol. The van der Waals surface area contributed by atoms with Crippen LogP contribution in [-0.2, 0) is 23.9 Å². The molecule has 0 aromatic heterocycles. The zero-order chi connectivity index (χ0) is 30.1. The third-order valence-electron chi connectivity index (χ3n) is 9.60. The number of aliphatic hydroxyl groups excluding tert-OH is 1. The first kappa shape index (κ1) is 31.3. The largest absolute Gasteiger partial charge is 0.465 e. The Hall–Kier alpha value is -2.68. The van der Waals surface area contributed by atoms with Gasteiger partial charge in [-0.15, -0.1) is 13.2 Å². The van der Waals surface area contributed by atoms with Gasteiger partial charge in [-0.25, -0.2) is 0 Å². The molecule has 1 spiro atoms. The van der Waals surface area contributed by atoms with Gasteiger partial charge in [0.1, 0.15) is 17.6 Å². The molecule has 1 aromatic rings. The number of likely N-dealkylation sites (tertiary alicyclic amines) is 1. The number of anilines is 1. The first-order valence-corrected chi connectivity index (χ1v) is 15.0. The minimum absolute atomic E-state index is 0.104. The van der Waals surface area contributed by atoms with Crippen molar-refractivity contribution in [2.45, 2.75) is 76.7 Å². The smallest absolute Gasteiger partial charge is 0.312 e. The molecule has 8 atom stereocenters. The molecule has 1 aromatic carbocycles. The average molecular weight is 587 g/mol. The van der Waals surface area contributed by atoms with Crippen LogP contribution in [0.15, 0.2) is 49.6 Å². The summed E-state index contributed by atoms with van der Waals surface area (Å²) in [5, 5.41) is 11.1. The maximum Gasteiger partial charge on any atom is 0.312 e. The SMILES string of the molecule is C=CCCCOC(=O)[C@@H]1[C@H]2C(=O)N([C@@H](CO)[C@@H](C)CC)C(C(=O)N(CC=C)c3ccc(Cl)cc3)C23CC(C)[C@@]1(C)O3. The highest BCUT2D eigenvalue weighted by atomic mass is 35.5. The van der Waals surface area contributed by atoms with Gasteiger partial charge >= 0.3 is 5.97 Å². The summed E-state index contributed by atoms with van der Waals surface area (Å²) in [7, 11) is 0. The summed E-state index contributed by atoms with van der Waals surface area (Å²) in [6.07, 6.45) is 5.83. The van der Waals surface area contributed by atoms with Crippen molar-refractivity contribution in [2.24, 2.45) is 23.7 Å². The van der Waals surface area contributed by atoms with Crippen molar-refractivity contribution in [1.82, 2.24) is 4.90 Å². The Balaban J connectivity index is 1.83. The van der Waals surface area contributed by atoms with Gasteiger partial charge in [-0.1, -0.05) is 50.9 Å². The first-order chi connectivity index (χ1) is 19.5. The lowest BCUT2D eigenvalue weighted by molar-refractivity contribution is -0.163. The number of hydrogen-bond donors (Lipinski definition) is 1. The number of fused-ring (bicyclic) bond motifs is 1. The maximum absolute atomic E-state index is 14.7. The Kier molecular flexibility index (Phi) is 9.36. The molecule has 41 heavy (non-hydrogen) atoms. The molecule has 0 radical (unpaired) electrons. The van der Waals surface area contributed by atoms with Crippen LogP contribution in [0.5, 0.6) is 0 Å². The van der Waals surface area contributed by atoms with Gasteiger partial charge in [-0.2, -0.15) is 0 Å². The van der Waals surface area contributed by atoms with Crippen molar-refractivity contribution in [3.05, 3.63) is 54.6 Å². The molecule has 4 rings (SSSR count). The monoisotopic (exact) mass is 586 g/mol. The lowest BCUT2D eigenvalue weighted by Gasteiger charge is -2.41. The third kappa shape index (κ3) is 5.12. The normalized spacial score (nSPS) is 31.5. The van der Waals surface area contributed by atoms with Crippen LogP contribution in [-0.4, -0.2) is 70.8 Å². The fraction of sp³-hybridized carbons (Fsp3) is 0.594. The van der Waals surface area contributed by atoms with E-state index in [1.54, 1.807) is 41.3 Å². The molecular weight excluding hydrogens is 544 g/mol. The van der Waals surface area contributed by atoms with Crippen LogP contribution < -0.4 is 4.90 Å². The predicted octanol–water partition coefficient (Wildman–Crippen LogP) is 4.79. The molecular formula is C32H43ClN2O6. The highest BCUT2D eigenvalue weighted by Gasteiger charge is 2.81. The number of unbranched alkanes of at least 4 members (excludes halogenated alkanes) is 1. The van der Waals surface area contributed by atoms with Gasteiger partial charge in [-0.3, -0.25) is 14.4 Å². The Labute approximate surface area is 248 Å². The van der Waals surface area contributed by atoms with E-state index < -0.39 is 41.1 Å². The van der Waals surface area contributed by atoms with Crippen LogP contribution in [0.25, 0.3) is 0 Å². The molecule has 2 bridgehead atoms. The zero-order valence-electron chi connectivity index (χ0n) is 24.6. The van der Waals surface area contributed by atoms with Crippen molar-refractivity contribution in [1.29, 1.82) is 0 Å². The second-order valence-corrected chi connectivity index (χ2v) is 12.3. The average Bonchev–Trinajstić information content (AvgIpc) is 3.47. The number of carbonyl (C=O) groups is 3. The highest BCUT2D eigenvalue weighted by molar-refractivity contribution is 6.30. The van der Waals surface area contributed by atoms with Gasteiger partial charge in [0.15, 0.2) is 0 Å². The quantitative estimate of drug-likeness (QED) is 0.203. The topological polar surface area (TPSA) is 96.4 Å². The summed E-state index contributed by atoms with van der Waals surface area (Å²) in [4.78, 5) is 46.0. The number of halogens is 1. The Bertz CT molecular complexity index is 1170. The molecule has 3 unspecified atom stereocenters. The summed E-state index contributed by atoms with van der Waals surface area (Å²) in [6.45, 7) is 15.4. The molecule has 9 heteroatoms. The number of aliphatic hydroxyl groups is 1. The van der Waals surface area contributed by atoms with E-state index in [1.807, 2.05) is 27.7 Å². The summed E-state index contributed by atoms with van der Waals surface area (Å²) >= 11 is 6.13. The Morgan fingerprint density at radius 1 is 1.29 bits per heavy atom. The van der Waals surface area contributed by atoms with Crippen LogP contribution >= 0.6 is 11.6 Å². The molecule has 3 heterocycles. The number of hydrogen-bond acceptors (Lipinski definition) is 6. The van der Waals surface area contributed by atoms with E-state index in [2.05, 4.69) is 13.2 Å². The van der Waals surface area contributed by atoms with Crippen LogP contribution in [0, 0.1) is 23.7 Å². The lowest BCUT2D eigenvalue weighted by Crippen LogP contribution is -2.60. The number of esters is 1. The molecule has 3 saturated heterocycles. The van der Waals surface area contributed by atoms with Gasteiger partial charge in [0.25, 0.3) is 5.91 Å². The van der Waals surface area contributed by atoms with Crippen LogP contribution in [0.4, 0.5) is 5.69 Å². The molecule has 8 nitrogen and oxygen atoms in total. The van der Waals surface area contributed by atoms with Crippen molar-refractivity contribution < 1.29 is 29.0 Å². The zero-order valence-corrected chi connectivity index (χ0v) is 25.3. The van der Waals surface area contributed by atoms with Gasteiger partial charge in [-0.05, 0) is 62.3 Å². The van der Waals surface area contributed by atoms with Crippen molar-refractivity contribution in [2.75, 3.05) is 24.7 Å².